The number of ether oxygens (including phenoxy) is 1. The lowest BCUT2D eigenvalue weighted by molar-refractivity contribution is -0.139. The Morgan fingerprint density at radius 1 is 1.13 bits per heavy atom. The average molecular weight is 528 g/mol. The molecular weight excluding hydrogens is 498 g/mol. The van der Waals surface area contributed by atoms with Crippen molar-refractivity contribution < 1.29 is 24.2 Å². The van der Waals surface area contributed by atoms with Crippen LogP contribution in [-0.2, 0) is 20.9 Å². The van der Waals surface area contributed by atoms with Gasteiger partial charge in [0.05, 0.1) is 31.6 Å². The third-order valence-electron chi connectivity index (χ3n) is 5.20. The van der Waals surface area contributed by atoms with Crippen LogP contribution in [-0.4, -0.2) is 75.2 Å². The van der Waals surface area contributed by atoms with E-state index in [2.05, 4.69) is 35.9 Å². The van der Waals surface area contributed by atoms with E-state index in [4.69, 9.17) is 16.2 Å². The number of nitrogens with zero attached hydrogens (tertiary/aromatic N) is 3. The highest BCUT2D eigenvalue weighted by atomic mass is 16.5. The largest absolute Gasteiger partial charge is 0.480 e. The monoisotopic (exact) mass is 527 g/mol. The van der Waals surface area contributed by atoms with Gasteiger partial charge in [-0.15, -0.1) is 0 Å². The Morgan fingerprint density at radius 3 is 2.61 bits per heavy atom. The van der Waals surface area contributed by atoms with Gasteiger partial charge in [0, 0.05) is 30.8 Å². The molecule has 0 bridgehead atoms. The molecule has 0 aliphatic carbocycles. The van der Waals surface area contributed by atoms with Crippen LogP contribution in [0, 0.1) is 0 Å². The van der Waals surface area contributed by atoms with Gasteiger partial charge in [-0.2, -0.15) is 4.98 Å². The normalized spacial score (nSPS) is 11.6. The first-order chi connectivity index (χ1) is 18.3. The number of nitrogens with one attached hydrogen (secondary N) is 4. The minimum absolute atomic E-state index is 0.0489. The molecule has 38 heavy (non-hydrogen) atoms. The summed E-state index contributed by atoms with van der Waals surface area (Å²) in [5.41, 5.74) is 11.9. The molecule has 3 rings (SSSR count). The summed E-state index contributed by atoms with van der Waals surface area (Å²) in [6.45, 7) is 1.58. The Balaban J connectivity index is 1.50. The van der Waals surface area contributed by atoms with Gasteiger partial charge in [0.2, 0.25) is 11.9 Å². The predicted octanol–water partition coefficient (Wildman–Crippen LogP) is -1.04. The minimum Gasteiger partial charge on any atom is -0.480 e. The zero-order valence-electron chi connectivity index (χ0n) is 20.4. The molecule has 1 atom stereocenters. The molecule has 0 fully saturated rings. The fourth-order valence-electron chi connectivity index (χ4n) is 3.30. The molecule has 0 aliphatic rings. The Morgan fingerprint density at radius 2 is 1.89 bits per heavy atom. The molecule has 0 radical (unpaired) electrons. The summed E-state index contributed by atoms with van der Waals surface area (Å²) in [7, 11) is 0. The number of anilines is 2. The molecule has 9 N–H and O–H groups in total. The van der Waals surface area contributed by atoms with Crippen LogP contribution in [0.15, 0.2) is 35.3 Å². The van der Waals surface area contributed by atoms with E-state index in [1.54, 1.807) is 12.1 Å². The molecule has 0 saturated heterocycles. The predicted molar refractivity (Wildman–Crippen MR) is 137 cm³/mol. The fourth-order valence-corrected chi connectivity index (χ4v) is 3.30. The molecule has 1 unspecified atom stereocenters. The van der Waals surface area contributed by atoms with Gasteiger partial charge in [-0.3, -0.25) is 19.4 Å². The van der Waals surface area contributed by atoms with Crippen molar-refractivity contribution in [1.82, 2.24) is 30.6 Å². The lowest BCUT2D eigenvalue weighted by atomic mass is 10.1. The van der Waals surface area contributed by atoms with Crippen molar-refractivity contribution in [2.75, 3.05) is 37.4 Å². The summed E-state index contributed by atoms with van der Waals surface area (Å²) in [6, 6.07) is 5.07. The van der Waals surface area contributed by atoms with E-state index >= 15 is 0 Å². The molecule has 2 aromatic heterocycles. The Bertz CT molecular complexity index is 1330. The van der Waals surface area contributed by atoms with Crippen molar-refractivity contribution in [3.63, 3.8) is 0 Å². The summed E-state index contributed by atoms with van der Waals surface area (Å²) in [5, 5.41) is 17.6. The minimum atomic E-state index is -1.25. The van der Waals surface area contributed by atoms with Crippen LogP contribution < -0.4 is 33.0 Å². The highest BCUT2D eigenvalue weighted by Gasteiger charge is 2.21. The molecule has 1 aromatic carbocycles. The summed E-state index contributed by atoms with van der Waals surface area (Å²) in [4.78, 5) is 62.7. The number of amides is 2. The number of hydrogen-bond donors (Lipinski definition) is 7. The number of nitrogens with two attached hydrogens (primary N) is 2. The van der Waals surface area contributed by atoms with E-state index in [1.165, 1.54) is 18.3 Å². The molecule has 0 aliphatic heterocycles. The van der Waals surface area contributed by atoms with Gasteiger partial charge in [-0.25, -0.2) is 14.8 Å². The molecule has 15 heteroatoms. The average Bonchev–Trinajstić information content (AvgIpc) is 2.89. The van der Waals surface area contributed by atoms with Crippen molar-refractivity contribution in [1.29, 1.82) is 0 Å². The molecule has 0 spiro atoms. The maximum Gasteiger partial charge on any atom is 0.326 e. The third-order valence-corrected chi connectivity index (χ3v) is 5.20. The van der Waals surface area contributed by atoms with E-state index < -0.39 is 23.5 Å². The van der Waals surface area contributed by atoms with Gasteiger partial charge >= 0.3 is 5.97 Å². The van der Waals surface area contributed by atoms with Crippen LogP contribution in [0.1, 0.15) is 28.9 Å². The van der Waals surface area contributed by atoms with E-state index in [-0.39, 0.29) is 54.5 Å². The Hall–Kier alpha value is -4.63. The van der Waals surface area contributed by atoms with Crippen LogP contribution in [0.25, 0.3) is 11.2 Å². The van der Waals surface area contributed by atoms with Gasteiger partial charge in [0.1, 0.15) is 6.04 Å². The van der Waals surface area contributed by atoms with Gasteiger partial charge in [0.25, 0.3) is 11.5 Å². The van der Waals surface area contributed by atoms with Crippen molar-refractivity contribution in [2.45, 2.75) is 25.4 Å². The number of hydrogen-bond acceptors (Lipinski definition) is 11. The first kappa shape index (κ1) is 27.9. The number of H-pyrrole nitrogens is 1. The SMILES string of the molecule is NCCOCCNC(=O)CCC(NC(=O)c1ccc(NCc2cnc3nc(N)[nH]c(=O)c3n2)cc1)C(=O)O. The second-order valence-corrected chi connectivity index (χ2v) is 8.07. The molecular formula is C23H29N9O6. The maximum absolute atomic E-state index is 12.6. The summed E-state index contributed by atoms with van der Waals surface area (Å²) in [6.07, 6.45) is 1.31. The number of carbonyl (C=O) groups is 3. The fraction of sp³-hybridized carbons (Fsp3) is 0.348. The Labute approximate surface area is 216 Å². The molecule has 202 valence electrons. The number of nitrogen functional groups attached to an aromatic ring is 1. The lowest BCUT2D eigenvalue weighted by Crippen LogP contribution is -2.41. The van der Waals surface area contributed by atoms with Gasteiger partial charge < -0.3 is 37.3 Å². The molecule has 2 amide bonds. The van der Waals surface area contributed by atoms with Crippen LogP contribution in [0.4, 0.5) is 11.6 Å². The van der Waals surface area contributed by atoms with E-state index in [0.29, 0.717) is 31.1 Å². The van der Waals surface area contributed by atoms with Crippen molar-refractivity contribution in [3.8, 4) is 0 Å². The maximum atomic E-state index is 12.6. The summed E-state index contributed by atoms with van der Waals surface area (Å²) >= 11 is 0. The first-order valence-corrected chi connectivity index (χ1v) is 11.7. The van der Waals surface area contributed by atoms with E-state index in [1.807, 2.05) is 0 Å². The number of carboxylic acid groups (broad SMARTS) is 1. The standard InChI is InChI=1S/C23H29N9O6/c24-7-9-38-10-8-26-17(33)6-5-16(22(36)37)30-20(34)13-1-3-14(4-2-13)27-11-15-12-28-19-18(29-15)21(35)32-23(25)31-19/h1-4,12,16,27H,5-11,24H2,(H,26,33)(H,30,34)(H,36,37)(H3,25,28,31,32,35). The number of aromatic nitrogens is 4. The number of aromatic amines is 1. The molecule has 2 heterocycles. The molecule has 15 nitrogen and oxygen atoms in total. The number of carbonyl (C=O) groups excluding carboxylic acids is 2. The van der Waals surface area contributed by atoms with Crippen LogP contribution in [0.3, 0.4) is 0 Å². The number of rotatable bonds is 14. The smallest absolute Gasteiger partial charge is 0.326 e. The Kier molecular flexibility index (Phi) is 10.0. The van der Waals surface area contributed by atoms with Crippen LogP contribution in [0.2, 0.25) is 0 Å². The highest BCUT2D eigenvalue weighted by Crippen LogP contribution is 2.12. The first-order valence-electron chi connectivity index (χ1n) is 11.7. The summed E-state index contributed by atoms with van der Waals surface area (Å²) in [5.74, 6) is -2.24. The van der Waals surface area contributed by atoms with Crippen molar-refractivity contribution in [3.05, 3.63) is 52.1 Å². The highest BCUT2D eigenvalue weighted by molar-refractivity contribution is 5.97. The van der Waals surface area contributed by atoms with Gasteiger partial charge in [-0.1, -0.05) is 0 Å². The van der Waals surface area contributed by atoms with E-state index in [0.717, 1.165) is 0 Å². The van der Waals surface area contributed by atoms with Crippen molar-refractivity contribution >= 4 is 40.6 Å². The second kappa shape index (κ2) is 13.6. The third kappa shape index (κ3) is 8.21. The molecule has 3 aromatic rings. The van der Waals surface area contributed by atoms with E-state index in [9.17, 15) is 24.3 Å². The zero-order chi connectivity index (χ0) is 27.5. The zero-order valence-corrected chi connectivity index (χ0v) is 20.4. The van der Waals surface area contributed by atoms with Crippen LogP contribution in [0.5, 0.6) is 0 Å². The van der Waals surface area contributed by atoms with Crippen molar-refractivity contribution in [2.24, 2.45) is 5.73 Å². The molecule has 0 saturated carbocycles. The van der Waals surface area contributed by atoms with Crippen LogP contribution >= 0.6 is 0 Å². The quantitative estimate of drug-likeness (QED) is 0.124. The topological polar surface area (TPSA) is 240 Å². The second-order valence-electron chi connectivity index (χ2n) is 8.07. The van der Waals surface area contributed by atoms with Gasteiger partial charge in [0.15, 0.2) is 11.2 Å². The summed E-state index contributed by atoms with van der Waals surface area (Å²) < 4.78 is 5.15. The number of fused-ring (bicyclic) bond motifs is 1. The number of aliphatic carboxylic acids is 1. The number of benzene rings is 1. The number of carboxylic acids is 1. The van der Waals surface area contributed by atoms with Gasteiger partial charge in [-0.05, 0) is 30.7 Å². The lowest BCUT2D eigenvalue weighted by Gasteiger charge is -2.15.